The van der Waals surface area contributed by atoms with Gasteiger partial charge in [0.05, 0.1) is 6.54 Å². The predicted molar refractivity (Wildman–Crippen MR) is 65.1 cm³/mol. The molecule has 1 atom stereocenters. The Balaban J connectivity index is 2.05. The maximum atomic E-state index is 13.2. The van der Waals surface area contributed by atoms with Gasteiger partial charge in [-0.15, -0.1) is 0 Å². The van der Waals surface area contributed by atoms with Crippen molar-refractivity contribution in [2.24, 2.45) is 0 Å². The van der Waals surface area contributed by atoms with E-state index in [0.29, 0.717) is 12.2 Å². The van der Waals surface area contributed by atoms with E-state index in [2.05, 4.69) is 0 Å². The van der Waals surface area contributed by atoms with Gasteiger partial charge in [-0.05, 0) is 18.2 Å². The van der Waals surface area contributed by atoms with Crippen LogP contribution in [0.15, 0.2) is 24.3 Å². The lowest BCUT2D eigenvalue weighted by atomic mass is 10.2. The quantitative estimate of drug-likeness (QED) is 0.768. The Morgan fingerprint density at radius 1 is 1.58 bits per heavy atom. The summed E-state index contributed by atoms with van der Waals surface area (Å²) in [6.45, 7) is 1.71. The molecule has 1 saturated heterocycles. The summed E-state index contributed by atoms with van der Waals surface area (Å²) in [5.41, 5.74) is 0.601. The Morgan fingerprint density at radius 3 is 3.05 bits per heavy atom. The summed E-state index contributed by atoms with van der Waals surface area (Å²) >= 11 is 0. The van der Waals surface area contributed by atoms with Crippen LogP contribution in [0, 0.1) is 5.82 Å². The van der Waals surface area contributed by atoms with Crippen LogP contribution in [-0.2, 0) is 19.1 Å². The molecule has 1 aromatic carbocycles. The molecule has 0 bridgehead atoms. The summed E-state index contributed by atoms with van der Waals surface area (Å²) in [5, 5.41) is 0. The lowest BCUT2D eigenvalue weighted by Gasteiger charge is -2.33. The topological polar surface area (TPSA) is 55.8 Å². The van der Waals surface area contributed by atoms with Crippen molar-refractivity contribution in [1.29, 1.82) is 0 Å². The fourth-order valence-corrected chi connectivity index (χ4v) is 1.89. The zero-order valence-electron chi connectivity index (χ0n) is 10.5. The molecule has 1 aliphatic rings. The second kappa shape index (κ2) is 5.69. The zero-order chi connectivity index (χ0) is 13.8. The molecule has 0 amide bonds. The van der Waals surface area contributed by atoms with Crippen molar-refractivity contribution in [2.45, 2.75) is 13.0 Å². The Hall–Kier alpha value is -2.11. The van der Waals surface area contributed by atoms with E-state index in [4.69, 9.17) is 9.47 Å². The highest BCUT2D eigenvalue weighted by Crippen LogP contribution is 2.19. The first kappa shape index (κ1) is 13.3. The highest BCUT2D eigenvalue weighted by Gasteiger charge is 2.27. The molecule has 19 heavy (non-hydrogen) atoms. The summed E-state index contributed by atoms with van der Waals surface area (Å²) in [7, 11) is 0. The second-order valence-corrected chi connectivity index (χ2v) is 4.27. The standard InChI is InChI=1S/C13H14FNO4/c1-9(16)18-8-12-6-15(7-13(17)19-12)11-4-2-3-10(14)5-11/h2-5,12H,6-8H2,1H3. The first-order chi connectivity index (χ1) is 9.04. The van der Waals surface area contributed by atoms with Crippen LogP contribution in [0.25, 0.3) is 0 Å². The minimum Gasteiger partial charge on any atom is -0.462 e. The predicted octanol–water partition coefficient (Wildman–Crippen LogP) is 1.12. The molecule has 1 fully saturated rings. The van der Waals surface area contributed by atoms with Crippen LogP contribution >= 0.6 is 0 Å². The monoisotopic (exact) mass is 267 g/mol. The van der Waals surface area contributed by atoms with Crippen molar-refractivity contribution < 1.29 is 23.5 Å². The van der Waals surface area contributed by atoms with Gasteiger partial charge in [0.25, 0.3) is 0 Å². The number of carbonyl (C=O) groups excluding carboxylic acids is 2. The molecule has 5 nitrogen and oxygen atoms in total. The first-order valence-electron chi connectivity index (χ1n) is 5.88. The van der Waals surface area contributed by atoms with E-state index >= 15 is 0 Å². The lowest BCUT2D eigenvalue weighted by molar-refractivity contribution is -0.159. The Kier molecular flexibility index (Phi) is 3.99. The Morgan fingerprint density at radius 2 is 2.37 bits per heavy atom. The molecule has 2 rings (SSSR count). The van der Waals surface area contributed by atoms with E-state index in [0.717, 1.165) is 0 Å². The molecule has 1 unspecified atom stereocenters. The normalized spacial score (nSPS) is 18.9. The second-order valence-electron chi connectivity index (χ2n) is 4.27. The van der Waals surface area contributed by atoms with Gasteiger partial charge in [-0.3, -0.25) is 9.59 Å². The molecule has 0 N–H and O–H groups in total. The van der Waals surface area contributed by atoms with E-state index in [9.17, 15) is 14.0 Å². The molecule has 0 spiro atoms. The number of rotatable bonds is 3. The van der Waals surface area contributed by atoms with Crippen molar-refractivity contribution in [3.63, 3.8) is 0 Å². The van der Waals surface area contributed by atoms with Gasteiger partial charge in [-0.25, -0.2) is 4.39 Å². The van der Waals surface area contributed by atoms with Crippen molar-refractivity contribution in [3.05, 3.63) is 30.1 Å². The van der Waals surface area contributed by atoms with E-state index in [-0.39, 0.29) is 19.0 Å². The van der Waals surface area contributed by atoms with Crippen LogP contribution in [0.3, 0.4) is 0 Å². The van der Waals surface area contributed by atoms with Crippen molar-refractivity contribution in [3.8, 4) is 0 Å². The highest BCUT2D eigenvalue weighted by molar-refractivity contribution is 5.77. The van der Waals surface area contributed by atoms with E-state index < -0.39 is 18.0 Å². The number of nitrogens with zero attached hydrogens (tertiary/aromatic N) is 1. The number of halogens is 1. The minimum atomic E-state index is -0.534. The molecule has 1 aromatic rings. The van der Waals surface area contributed by atoms with Gasteiger partial charge < -0.3 is 14.4 Å². The van der Waals surface area contributed by atoms with Gasteiger partial charge in [0.15, 0.2) is 6.10 Å². The number of morpholine rings is 1. The number of benzene rings is 1. The number of cyclic esters (lactones) is 1. The summed E-state index contributed by atoms with van der Waals surface area (Å²) in [6.07, 6.45) is -0.534. The number of esters is 2. The fourth-order valence-electron chi connectivity index (χ4n) is 1.89. The van der Waals surface area contributed by atoms with Crippen molar-refractivity contribution >= 4 is 17.6 Å². The van der Waals surface area contributed by atoms with E-state index in [1.807, 2.05) is 0 Å². The maximum Gasteiger partial charge on any atom is 0.326 e. The minimum absolute atomic E-state index is 0.00683. The molecule has 1 aliphatic heterocycles. The smallest absolute Gasteiger partial charge is 0.326 e. The van der Waals surface area contributed by atoms with Crippen LogP contribution in [-0.4, -0.2) is 37.7 Å². The van der Waals surface area contributed by atoms with E-state index in [1.165, 1.54) is 19.1 Å². The largest absolute Gasteiger partial charge is 0.462 e. The Bertz CT molecular complexity index is 491. The number of hydrogen-bond acceptors (Lipinski definition) is 5. The van der Waals surface area contributed by atoms with Gasteiger partial charge in [0, 0.05) is 12.6 Å². The molecule has 102 valence electrons. The third kappa shape index (κ3) is 3.67. The van der Waals surface area contributed by atoms with Crippen LogP contribution in [0.5, 0.6) is 0 Å². The highest BCUT2D eigenvalue weighted by atomic mass is 19.1. The SMILES string of the molecule is CC(=O)OCC1CN(c2cccc(F)c2)CC(=O)O1. The number of carbonyl (C=O) groups is 2. The van der Waals surface area contributed by atoms with Crippen LogP contribution in [0.2, 0.25) is 0 Å². The molecule has 6 heteroatoms. The summed E-state index contributed by atoms with van der Waals surface area (Å²) < 4.78 is 23.0. The third-order valence-corrected chi connectivity index (χ3v) is 2.69. The maximum absolute atomic E-state index is 13.2. The summed E-state index contributed by atoms with van der Waals surface area (Å²) in [6, 6.07) is 5.97. The van der Waals surface area contributed by atoms with Gasteiger partial charge in [0.1, 0.15) is 19.0 Å². The van der Waals surface area contributed by atoms with Crippen molar-refractivity contribution in [2.75, 3.05) is 24.6 Å². The molecule has 0 radical (unpaired) electrons. The summed E-state index contributed by atoms with van der Waals surface area (Å²) in [5.74, 6) is -1.22. The van der Waals surface area contributed by atoms with Crippen LogP contribution in [0.4, 0.5) is 10.1 Å². The number of hydrogen-bond donors (Lipinski definition) is 0. The molecule has 0 aliphatic carbocycles. The van der Waals surface area contributed by atoms with Crippen LogP contribution < -0.4 is 4.90 Å². The van der Waals surface area contributed by atoms with Gasteiger partial charge >= 0.3 is 11.9 Å². The van der Waals surface area contributed by atoms with Gasteiger partial charge in [-0.1, -0.05) is 6.07 Å². The molecule has 0 saturated carbocycles. The zero-order valence-corrected chi connectivity index (χ0v) is 10.5. The van der Waals surface area contributed by atoms with E-state index in [1.54, 1.807) is 17.0 Å². The average molecular weight is 267 g/mol. The summed E-state index contributed by atoms with van der Waals surface area (Å²) in [4.78, 5) is 23.9. The Labute approximate surface area is 109 Å². The van der Waals surface area contributed by atoms with Crippen molar-refractivity contribution in [1.82, 2.24) is 0 Å². The molecular weight excluding hydrogens is 253 g/mol. The fraction of sp³-hybridized carbons (Fsp3) is 0.385. The number of anilines is 1. The first-order valence-corrected chi connectivity index (χ1v) is 5.88. The lowest BCUT2D eigenvalue weighted by Crippen LogP contribution is -2.47. The third-order valence-electron chi connectivity index (χ3n) is 2.69. The molecule has 0 aromatic heterocycles. The van der Waals surface area contributed by atoms with Crippen LogP contribution in [0.1, 0.15) is 6.92 Å². The molecule has 1 heterocycles. The average Bonchev–Trinajstić information content (AvgIpc) is 2.36. The van der Waals surface area contributed by atoms with Gasteiger partial charge in [0.2, 0.25) is 0 Å². The number of ether oxygens (including phenoxy) is 2. The van der Waals surface area contributed by atoms with Gasteiger partial charge in [-0.2, -0.15) is 0 Å². The molecular formula is C13H14FNO4.